The number of ether oxygens (including phenoxy) is 4. The summed E-state index contributed by atoms with van der Waals surface area (Å²) in [6.45, 7) is 2.65. The molecule has 0 saturated carbocycles. The first kappa shape index (κ1) is 38.2. The summed E-state index contributed by atoms with van der Waals surface area (Å²) in [4.78, 5) is 18.3. The van der Waals surface area contributed by atoms with E-state index < -0.39 is 5.97 Å². The number of aromatic nitrogens is 1. The van der Waals surface area contributed by atoms with Gasteiger partial charge < -0.3 is 18.9 Å². The molecule has 0 unspecified atom stereocenters. The number of esters is 1. The lowest BCUT2D eigenvalue weighted by atomic mass is 10.0. The van der Waals surface area contributed by atoms with Gasteiger partial charge in [-0.05, 0) is 94.4 Å². The first-order valence-electron chi connectivity index (χ1n) is 18.9. The summed E-state index contributed by atoms with van der Waals surface area (Å²) < 4.78 is 26.2. The minimum atomic E-state index is -0.451. The summed E-state index contributed by atoms with van der Waals surface area (Å²) in [5, 5.41) is 1.38. The number of pyridine rings is 1. The maximum absolute atomic E-state index is 13.4. The van der Waals surface area contributed by atoms with E-state index in [1.165, 1.54) is 11.3 Å². The number of halogens is 1. The zero-order valence-electron chi connectivity index (χ0n) is 31.6. The van der Waals surface area contributed by atoms with Crippen LogP contribution in [0.2, 0.25) is 5.02 Å². The quantitative estimate of drug-likeness (QED) is 0.0806. The predicted octanol–water partition coefficient (Wildman–Crippen LogP) is 13.3. The second kappa shape index (κ2) is 18.1. The van der Waals surface area contributed by atoms with E-state index in [0.29, 0.717) is 57.2 Å². The van der Waals surface area contributed by atoms with Gasteiger partial charge in [0.25, 0.3) is 0 Å². The SMILES string of the molecule is CCOC(=O)/C(=C/c1sc2cc(OCc3ccc(-c4ccccc4)cc3)c(OCc3ccc(-c4ccccc4)cc3)cc2c1Oc1ccc(Cl)cc1)c1ccncc1. The van der Waals surface area contributed by atoms with Gasteiger partial charge in [-0.1, -0.05) is 121 Å². The number of carbonyl (C=O) groups excluding carboxylic acids is 1. The van der Waals surface area contributed by atoms with Gasteiger partial charge in [-0.25, -0.2) is 4.79 Å². The first-order valence-corrected chi connectivity index (χ1v) is 20.1. The molecule has 6 nitrogen and oxygen atoms in total. The lowest BCUT2D eigenvalue weighted by Gasteiger charge is -2.15. The summed E-state index contributed by atoms with van der Waals surface area (Å²) in [6, 6.07) is 52.0. The molecule has 8 aromatic rings. The maximum Gasteiger partial charge on any atom is 0.338 e. The van der Waals surface area contributed by atoms with Crippen molar-refractivity contribution in [1.82, 2.24) is 4.98 Å². The van der Waals surface area contributed by atoms with Crippen LogP contribution in [0.1, 0.15) is 28.5 Å². The van der Waals surface area contributed by atoms with E-state index in [0.717, 1.165) is 43.5 Å². The molecule has 58 heavy (non-hydrogen) atoms. The molecule has 6 aromatic carbocycles. The molecule has 0 bridgehead atoms. The van der Waals surface area contributed by atoms with Gasteiger partial charge in [0.2, 0.25) is 0 Å². The molecular weight excluding hydrogens is 762 g/mol. The third-order valence-electron chi connectivity index (χ3n) is 9.44. The standard InChI is InChI=1S/C50H38ClNO5S/c1-2-54-50(53)43(40-25-27-52-28-26-40)30-48-49(57-42-23-21-41(51)22-24-42)44-29-45(55-32-34-13-17-38(18-14-34)36-9-5-3-6-10-36)46(31-47(44)58-48)56-33-35-15-19-39(20-16-35)37-11-7-4-8-12-37/h3-31H,2,32-33H2,1H3/b43-30+. The molecule has 2 aromatic heterocycles. The Morgan fingerprint density at radius 2 is 1.19 bits per heavy atom. The van der Waals surface area contributed by atoms with Crippen molar-refractivity contribution in [3.8, 4) is 45.3 Å². The van der Waals surface area contributed by atoms with Crippen molar-refractivity contribution in [2.45, 2.75) is 20.1 Å². The largest absolute Gasteiger partial charge is 0.485 e. The number of fused-ring (bicyclic) bond motifs is 1. The van der Waals surface area contributed by atoms with Crippen molar-refractivity contribution in [3.05, 3.63) is 197 Å². The summed E-state index contributed by atoms with van der Waals surface area (Å²) in [5.41, 5.74) is 7.64. The zero-order valence-corrected chi connectivity index (χ0v) is 33.2. The summed E-state index contributed by atoms with van der Waals surface area (Å²) >= 11 is 7.72. The normalized spacial score (nSPS) is 11.3. The second-order valence-corrected chi connectivity index (χ2v) is 14.9. The molecule has 0 spiro atoms. The van der Waals surface area contributed by atoms with Crippen LogP contribution in [0.5, 0.6) is 23.0 Å². The fourth-order valence-corrected chi connectivity index (χ4v) is 7.66. The summed E-state index contributed by atoms with van der Waals surface area (Å²) in [7, 11) is 0. The number of hydrogen-bond acceptors (Lipinski definition) is 7. The minimum absolute atomic E-state index is 0.229. The molecule has 2 heterocycles. The molecule has 0 aliphatic rings. The molecule has 8 rings (SSSR count). The van der Waals surface area contributed by atoms with Gasteiger partial charge in [0.05, 0.1) is 17.1 Å². The van der Waals surface area contributed by atoms with Crippen LogP contribution in [0, 0.1) is 0 Å². The fraction of sp³-hybridized carbons (Fsp3) is 0.0800. The maximum atomic E-state index is 13.4. The fourth-order valence-electron chi connectivity index (χ4n) is 6.45. The van der Waals surface area contributed by atoms with E-state index in [2.05, 4.69) is 77.8 Å². The number of nitrogens with zero attached hydrogens (tertiary/aromatic N) is 1. The van der Waals surface area contributed by atoms with Crippen molar-refractivity contribution in [2.24, 2.45) is 0 Å². The topological polar surface area (TPSA) is 66.9 Å². The third-order valence-corrected chi connectivity index (χ3v) is 10.8. The Bertz CT molecular complexity index is 2650. The summed E-state index contributed by atoms with van der Waals surface area (Å²) in [6.07, 6.45) is 5.11. The van der Waals surface area contributed by atoms with Crippen molar-refractivity contribution in [3.63, 3.8) is 0 Å². The number of thiophene rings is 1. The number of benzene rings is 6. The number of carbonyl (C=O) groups is 1. The molecular formula is C50H38ClNO5S. The van der Waals surface area contributed by atoms with Crippen LogP contribution < -0.4 is 14.2 Å². The van der Waals surface area contributed by atoms with Crippen molar-refractivity contribution in [1.29, 1.82) is 0 Å². The monoisotopic (exact) mass is 799 g/mol. The lowest BCUT2D eigenvalue weighted by Crippen LogP contribution is -2.06. The van der Waals surface area contributed by atoms with Crippen LogP contribution in [-0.4, -0.2) is 17.6 Å². The molecule has 0 radical (unpaired) electrons. The highest BCUT2D eigenvalue weighted by Gasteiger charge is 2.22. The first-order chi connectivity index (χ1) is 28.5. The molecule has 0 aliphatic carbocycles. The summed E-state index contributed by atoms with van der Waals surface area (Å²) in [5.74, 6) is 1.82. The second-order valence-electron chi connectivity index (χ2n) is 13.4. The van der Waals surface area contributed by atoms with Crippen LogP contribution in [0.4, 0.5) is 0 Å². The molecule has 0 atom stereocenters. The Hall–Kier alpha value is -6.67. The molecule has 0 fully saturated rings. The predicted molar refractivity (Wildman–Crippen MR) is 235 cm³/mol. The molecule has 0 saturated heterocycles. The van der Waals surface area contributed by atoms with Gasteiger partial charge in [0.1, 0.15) is 19.0 Å². The third kappa shape index (κ3) is 9.13. The highest BCUT2D eigenvalue weighted by atomic mass is 35.5. The van der Waals surface area contributed by atoms with Crippen LogP contribution >= 0.6 is 22.9 Å². The van der Waals surface area contributed by atoms with E-state index in [-0.39, 0.29) is 6.61 Å². The van der Waals surface area contributed by atoms with Crippen molar-refractivity contribution in [2.75, 3.05) is 6.61 Å². The van der Waals surface area contributed by atoms with E-state index >= 15 is 0 Å². The Balaban J connectivity index is 1.19. The molecule has 0 amide bonds. The van der Waals surface area contributed by atoms with E-state index in [1.54, 1.807) is 43.6 Å². The van der Waals surface area contributed by atoms with E-state index in [4.69, 9.17) is 30.5 Å². The van der Waals surface area contributed by atoms with Crippen molar-refractivity contribution >= 4 is 50.6 Å². The average Bonchev–Trinajstić information content (AvgIpc) is 3.60. The Labute approximate surface area is 346 Å². The molecule has 286 valence electrons. The lowest BCUT2D eigenvalue weighted by molar-refractivity contribution is -0.136. The van der Waals surface area contributed by atoms with E-state index in [9.17, 15) is 4.79 Å². The Morgan fingerprint density at radius 1 is 0.655 bits per heavy atom. The van der Waals surface area contributed by atoms with Crippen LogP contribution in [-0.2, 0) is 22.7 Å². The highest BCUT2D eigenvalue weighted by Crippen LogP contribution is 2.47. The van der Waals surface area contributed by atoms with Gasteiger partial charge in [0.15, 0.2) is 17.2 Å². The number of rotatable bonds is 14. The van der Waals surface area contributed by atoms with Gasteiger partial charge >= 0.3 is 5.97 Å². The average molecular weight is 800 g/mol. The minimum Gasteiger partial charge on any atom is -0.485 e. The van der Waals surface area contributed by atoms with Crippen molar-refractivity contribution < 1.29 is 23.7 Å². The smallest absolute Gasteiger partial charge is 0.338 e. The number of hydrogen-bond donors (Lipinski definition) is 0. The van der Waals surface area contributed by atoms with E-state index in [1.807, 2.05) is 66.7 Å². The van der Waals surface area contributed by atoms with Gasteiger partial charge in [-0.3, -0.25) is 4.98 Å². The molecule has 8 heteroatoms. The van der Waals surface area contributed by atoms with Gasteiger partial charge in [0, 0.05) is 33.6 Å². The Kier molecular flexibility index (Phi) is 11.9. The van der Waals surface area contributed by atoms with Gasteiger partial charge in [-0.15, -0.1) is 11.3 Å². The highest BCUT2D eigenvalue weighted by molar-refractivity contribution is 7.20. The molecule has 0 N–H and O–H groups in total. The zero-order chi connectivity index (χ0) is 39.7. The van der Waals surface area contributed by atoms with Crippen LogP contribution in [0.3, 0.4) is 0 Å². The molecule has 0 aliphatic heterocycles. The van der Waals surface area contributed by atoms with Gasteiger partial charge in [-0.2, -0.15) is 0 Å². The van der Waals surface area contributed by atoms with Crippen LogP contribution in [0.15, 0.2) is 170 Å². The Morgan fingerprint density at radius 3 is 1.74 bits per heavy atom. The van der Waals surface area contributed by atoms with Crippen LogP contribution in [0.25, 0.3) is 44.0 Å².